The Bertz CT molecular complexity index is 1230. The quantitative estimate of drug-likeness (QED) is 0.540. The third-order valence-corrected chi connectivity index (χ3v) is 4.45. The molecule has 2 aromatic carbocycles. The lowest BCUT2D eigenvalue weighted by Gasteiger charge is -2.11. The smallest absolute Gasteiger partial charge is 0.338 e. The van der Waals surface area contributed by atoms with E-state index in [1.807, 2.05) is 43.3 Å². The molecule has 0 fully saturated rings. The lowest BCUT2D eigenvalue weighted by molar-refractivity contribution is 0.0597. The summed E-state index contributed by atoms with van der Waals surface area (Å²) in [5.74, 6) is 0.0212. The molecule has 0 unspecified atom stereocenters. The highest BCUT2D eigenvalue weighted by Crippen LogP contribution is 2.20. The van der Waals surface area contributed by atoms with Gasteiger partial charge in [-0.25, -0.2) is 9.78 Å². The molecule has 0 spiro atoms. The number of esters is 1. The van der Waals surface area contributed by atoms with Crippen LogP contribution in [0.25, 0.3) is 16.7 Å². The molecular formula is C22H18N4O3. The maximum absolute atomic E-state index is 12.9. The van der Waals surface area contributed by atoms with Gasteiger partial charge in [-0.3, -0.25) is 4.79 Å². The number of anilines is 1. The highest BCUT2D eigenvalue weighted by atomic mass is 16.5. The number of aromatic nitrogens is 3. The lowest BCUT2D eigenvalue weighted by Crippen LogP contribution is -2.19. The molecule has 0 aliphatic rings. The Hall–Kier alpha value is -4.00. The molecule has 4 rings (SSSR count). The van der Waals surface area contributed by atoms with Crippen molar-refractivity contribution in [3.63, 3.8) is 0 Å². The summed E-state index contributed by atoms with van der Waals surface area (Å²) in [7, 11) is 1.28. The third kappa shape index (κ3) is 3.58. The van der Waals surface area contributed by atoms with Crippen molar-refractivity contribution in [2.24, 2.45) is 0 Å². The summed E-state index contributed by atoms with van der Waals surface area (Å²) in [4.78, 5) is 29.5. The average molecular weight is 386 g/mol. The Kier molecular flexibility index (Phi) is 4.78. The largest absolute Gasteiger partial charge is 0.465 e. The first kappa shape index (κ1) is 18.4. The van der Waals surface area contributed by atoms with Crippen LogP contribution in [0.4, 0.5) is 5.82 Å². The molecular weight excluding hydrogens is 368 g/mol. The number of carbonyl (C=O) groups is 2. The number of benzene rings is 2. The number of ether oxygens (including phenoxy) is 1. The van der Waals surface area contributed by atoms with Crippen molar-refractivity contribution < 1.29 is 14.3 Å². The number of hydrogen-bond donors (Lipinski definition) is 1. The SMILES string of the molecule is COC(=O)c1ccccc1C(=O)Nc1cc(C)nn1-c1ccc2ccccc2n1. The van der Waals surface area contributed by atoms with Crippen molar-refractivity contribution in [1.29, 1.82) is 0 Å². The van der Waals surface area contributed by atoms with E-state index < -0.39 is 11.9 Å². The Morgan fingerprint density at radius 2 is 1.69 bits per heavy atom. The minimum atomic E-state index is -0.573. The van der Waals surface area contributed by atoms with Crippen LogP contribution in [-0.4, -0.2) is 33.8 Å². The van der Waals surface area contributed by atoms with Gasteiger partial charge in [0.15, 0.2) is 5.82 Å². The predicted molar refractivity (Wildman–Crippen MR) is 109 cm³/mol. The van der Waals surface area contributed by atoms with Crippen molar-refractivity contribution in [1.82, 2.24) is 14.8 Å². The van der Waals surface area contributed by atoms with Crippen LogP contribution >= 0.6 is 0 Å². The molecule has 29 heavy (non-hydrogen) atoms. The average Bonchev–Trinajstić information content (AvgIpc) is 3.12. The topological polar surface area (TPSA) is 86.1 Å². The van der Waals surface area contributed by atoms with E-state index in [0.29, 0.717) is 11.6 Å². The van der Waals surface area contributed by atoms with Crippen LogP contribution in [0.15, 0.2) is 66.7 Å². The van der Waals surface area contributed by atoms with Crippen molar-refractivity contribution in [3.8, 4) is 5.82 Å². The first-order chi connectivity index (χ1) is 14.1. The minimum absolute atomic E-state index is 0.194. The molecule has 0 atom stereocenters. The number of nitrogens with one attached hydrogen (secondary N) is 1. The normalized spacial score (nSPS) is 10.7. The zero-order chi connectivity index (χ0) is 20.4. The molecule has 7 heteroatoms. The van der Waals surface area contributed by atoms with Crippen LogP contribution in [0.3, 0.4) is 0 Å². The first-order valence-corrected chi connectivity index (χ1v) is 8.98. The molecule has 0 aliphatic heterocycles. The summed E-state index contributed by atoms with van der Waals surface area (Å²) in [6.45, 7) is 1.83. The van der Waals surface area contributed by atoms with Gasteiger partial charge in [-0.2, -0.15) is 9.78 Å². The summed E-state index contributed by atoms with van der Waals surface area (Å²) in [5, 5.41) is 8.30. The second-order valence-corrected chi connectivity index (χ2v) is 6.44. The number of fused-ring (bicyclic) bond motifs is 1. The molecule has 2 aromatic heterocycles. The van der Waals surface area contributed by atoms with Crippen molar-refractivity contribution in [3.05, 3.63) is 83.6 Å². The summed E-state index contributed by atoms with van der Waals surface area (Å²) < 4.78 is 6.34. The van der Waals surface area contributed by atoms with Crippen LogP contribution in [0, 0.1) is 6.92 Å². The van der Waals surface area contributed by atoms with Gasteiger partial charge in [-0.05, 0) is 37.3 Å². The first-order valence-electron chi connectivity index (χ1n) is 8.98. The number of rotatable bonds is 4. The van der Waals surface area contributed by atoms with Crippen molar-refractivity contribution >= 4 is 28.6 Å². The van der Waals surface area contributed by atoms with Crippen molar-refractivity contribution in [2.75, 3.05) is 12.4 Å². The van der Waals surface area contributed by atoms with E-state index in [9.17, 15) is 9.59 Å². The summed E-state index contributed by atoms with van der Waals surface area (Å²) in [5.41, 5.74) is 1.96. The van der Waals surface area contributed by atoms with Crippen LogP contribution < -0.4 is 5.32 Å². The summed E-state index contributed by atoms with van der Waals surface area (Å²) >= 11 is 0. The Morgan fingerprint density at radius 1 is 0.966 bits per heavy atom. The summed E-state index contributed by atoms with van der Waals surface area (Å²) in [6, 6.07) is 19.8. The van der Waals surface area contributed by atoms with Gasteiger partial charge in [0.2, 0.25) is 0 Å². The third-order valence-electron chi connectivity index (χ3n) is 4.45. The number of para-hydroxylation sites is 1. The minimum Gasteiger partial charge on any atom is -0.465 e. The number of nitrogens with zero attached hydrogens (tertiary/aromatic N) is 3. The number of methoxy groups -OCH3 is 1. The predicted octanol–water partition coefficient (Wildman–Crippen LogP) is 3.77. The standard InChI is InChI=1S/C22H18N4O3/c1-14-13-20(24-21(27)16-8-4-5-9-17(16)22(28)29-2)26(25-14)19-12-11-15-7-3-6-10-18(15)23-19/h3-13H,1-2H3,(H,24,27). The Morgan fingerprint density at radius 3 is 2.48 bits per heavy atom. The van der Waals surface area contributed by atoms with E-state index in [2.05, 4.69) is 15.4 Å². The van der Waals surface area contributed by atoms with Crippen LogP contribution in [0.1, 0.15) is 26.4 Å². The lowest BCUT2D eigenvalue weighted by atomic mass is 10.1. The molecule has 4 aromatic rings. The van der Waals surface area contributed by atoms with Crippen LogP contribution in [0.5, 0.6) is 0 Å². The zero-order valence-corrected chi connectivity index (χ0v) is 15.9. The van der Waals surface area contributed by atoms with E-state index in [0.717, 1.165) is 16.6 Å². The number of hydrogen-bond acceptors (Lipinski definition) is 5. The van der Waals surface area contributed by atoms with Crippen LogP contribution in [0.2, 0.25) is 0 Å². The Balaban J connectivity index is 1.71. The van der Waals surface area contributed by atoms with Gasteiger partial charge in [0.05, 0.1) is 29.4 Å². The molecule has 1 amide bonds. The Labute approximate surface area is 167 Å². The molecule has 2 heterocycles. The number of aryl methyl sites for hydroxylation is 1. The molecule has 0 saturated carbocycles. The van der Waals surface area contributed by atoms with E-state index in [1.165, 1.54) is 7.11 Å². The highest BCUT2D eigenvalue weighted by molar-refractivity contribution is 6.10. The zero-order valence-electron chi connectivity index (χ0n) is 15.9. The summed E-state index contributed by atoms with van der Waals surface area (Å²) in [6.07, 6.45) is 0. The molecule has 0 saturated heterocycles. The van der Waals surface area contributed by atoms with Gasteiger partial charge < -0.3 is 10.1 Å². The molecule has 0 bridgehead atoms. The monoisotopic (exact) mass is 386 g/mol. The molecule has 0 aliphatic carbocycles. The number of amides is 1. The van der Waals surface area contributed by atoms with E-state index >= 15 is 0 Å². The second-order valence-electron chi connectivity index (χ2n) is 6.44. The second kappa shape index (κ2) is 7.55. The van der Waals surface area contributed by atoms with E-state index in [1.54, 1.807) is 35.0 Å². The highest BCUT2D eigenvalue weighted by Gasteiger charge is 2.19. The maximum atomic E-state index is 12.9. The van der Waals surface area contributed by atoms with Crippen LogP contribution in [-0.2, 0) is 4.74 Å². The fraction of sp³-hybridized carbons (Fsp3) is 0.0909. The fourth-order valence-electron chi connectivity index (χ4n) is 3.09. The van der Waals surface area contributed by atoms with Gasteiger partial charge >= 0.3 is 5.97 Å². The number of pyridine rings is 1. The molecule has 1 N–H and O–H groups in total. The molecule has 7 nitrogen and oxygen atoms in total. The molecule has 144 valence electrons. The van der Waals surface area contributed by atoms with Gasteiger partial charge in [0, 0.05) is 11.5 Å². The van der Waals surface area contributed by atoms with Gasteiger partial charge in [0.25, 0.3) is 5.91 Å². The van der Waals surface area contributed by atoms with Crippen molar-refractivity contribution in [2.45, 2.75) is 6.92 Å². The number of carbonyl (C=O) groups excluding carboxylic acids is 2. The van der Waals surface area contributed by atoms with Gasteiger partial charge in [0.1, 0.15) is 5.82 Å². The fourth-order valence-corrected chi connectivity index (χ4v) is 3.09. The van der Waals surface area contributed by atoms with E-state index in [-0.39, 0.29) is 11.1 Å². The van der Waals surface area contributed by atoms with E-state index in [4.69, 9.17) is 4.74 Å². The maximum Gasteiger partial charge on any atom is 0.338 e. The van der Waals surface area contributed by atoms with Gasteiger partial charge in [-0.15, -0.1) is 0 Å². The molecule has 0 radical (unpaired) electrons. The van der Waals surface area contributed by atoms with Gasteiger partial charge in [-0.1, -0.05) is 30.3 Å².